The van der Waals surface area contributed by atoms with E-state index in [2.05, 4.69) is 43.5 Å². The van der Waals surface area contributed by atoms with Crippen LogP contribution >= 0.6 is 0 Å². The van der Waals surface area contributed by atoms with Crippen LogP contribution in [0.15, 0.2) is 48.6 Å². The Hall–Kier alpha value is -2.38. The molecule has 0 radical (unpaired) electrons. The van der Waals surface area contributed by atoms with Gasteiger partial charge in [-0.05, 0) is 70.6 Å². The minimum atomic E-state index is -1.59. The number of carbonyl (C=O) groups is 2. The molecule has 7 atom stereocenters. The molecule has 1 saturated heterocycles. The van der Waals surface area contributed by atoms with E-state index in [-0.39, 0.29) is 24.9 Å². The molecule has 1 amide bonds. The molecule has 378 valence electrons. The quantitative estimate of drug-likeness (QED) is 0.0196. The van der Waals surface area contributed by atoms with Gasteiger partial charge in [0.15, 0.2) is 6.29 Å². The van der Waals surface area contributed by atoms with E-state index in [4.69, 9.17) is 14.2 Å². The Bertz CT molecular complexity index is 1220. The summed E-state index contributed by atoms with van der Waals surface area (Å²) >= 11 is 0. The summed E-state index contributed by atoms with van der Waals surface area (Å²) < 4.78 is 16.6. The highest BCUT2D eigenvalue weighted by Crippen LogP contribution is 2.23. The average molecular weight is 920 g/mol. The second-order valence-corrected chi connectivity index (χ2v) is 18.2. The molecule has 1 rings (SSSR count). The second-order valence-electron chi connectivity index (χ2n) is 18.2. The zero-order chi connectivity index (χ0) is 47.4. The highest BCUT2D eigenvalue weighted by atomic mass is 16.7. The predicted octanol–water partition coefficient (Wildman–Crippen LogP) is 10.9. The van der Waals surface area contributed by atoms with Crippen molar-refractivity contribution in [3.8, 4) is 0 Å². The molecule has 6 N–H and O–H groups in total. The lowest BCUT2D eigenvalue weighted by Gasteiger charge is -2.40. The number of esters is 1. The van der Waals surface area contributed by atoms with Gasteiger partial charge in [-0.15, -0.1) is 0 Å². The number of aliphatic hydroxyl groups is 5. The highest BCUT2D eigenvalue weighted by molar-refractivity contribution is 5.76. The van der Waals surface area contributed by atoms with Gasteiger partial charge in [-0.25, -0.2) is 0 Å². The van der Waals surface area contributed by atoms with E-state index in [0.717, 1.165) is 70.6 Å². The van der Waals surface area contributed by atoms with Gasteiger partial charge in [0.1, 0.15) is 24.4 Å². The van der Waals surface area contributed by atoms with Gasteiger partial charge in [0.05, 0.1) is 32.0 Å². The van der Waals surface area contributed by atoms with Gasteiger partial charge in [-0.1, -0.05) is 184 Å². The topological polar surface area (TPSA) is 175 Å². The van der Waals surface area contributed by atoms with E-state index in [1.165, 1.54) is 116 Å². The van der Waals surface area contributed by atoms with Gasteiger partial charge >= 0.3 is 5.97 Å². The minimum Gasteiger partial charge on any atom is -0.466 e. The van der Waals surface area contributed by atoms with E-state index < -0.39 is 49.5 Å². The number of unbranched alkanes of at least 4 members (excludes halogenated alkanes) is 24. The molecule has 65 heavy (non-hydrogen) atoms. The largest absolute Gasteiger partial charge is 0.466 e. The number of hydrogen-bond acceptors (Lipinski definition) is 10. The number of rotatable bonds is 44. The smallest absolute Gasteiger partial charge is 0.305 e. The Morgan fingerprint density at radius 3 is 1.65 bits per heavy atom. The van der Waals surface area contributed by atoms with Gasteiger partial charge in [-0.2, -0.15) is 0 Å². The molecule has 1 fully saturated rings. The molecule has 0 aromatic rings. The first kappa shape index (κ1) is 60.6. The van der Waals surface area contributed by atoms with Crippen LogP contribution in [0.3, 0.4) is 0 Å². The Labute approximate surface area is 396 Å². The third-order valence-corrected chi connectivity index (χ3v) is 12.2. The maximum atomic E-state index is 13.0. The van der Waals surface area contributed by atoms with Crippen LogP contribution in [0.1, 0.15) is 219 Å². The third-order valence-electron chi connectivity index (χ3n) is 12.2. The van der Waals surface area contributed by atoms with Gasteiger partial charge in [-0.3, -0.25) is 9.59 Å². The molecule has 7 unspecified atom stereocenters. The molecule has 1 aliphatic heterocycles. The monoisotopic (exact) mass is 920 g/mol. The van der Waals surface area contributed by atoms with Crippen molar-refractivity contribution in [1.29, 1.82) is 0 Å². The SMILES string of the molecule is CCCC/C=C\CCCCCCCC(=O)OCCCCCCCC/C=C\C/C=C\CCC(=O)NC(COC1OC(CO)C(O)C(O)C1O)C(O)/C=C/CCCCCCCCCCCCC. The molecule has 11 nitrogen and oxygen atoms in total. The first-order valence-corrected chi connectivity index (χ1v) is 26.4. The maximum Gasteiger partial charge on any atom is 0.305 e. The molecular formula is C54H97NO10. The van der Waals surface area contributed by atoms with Crippen LogP contribution in [0.4, 0.5) is 0 Å². The van der Waals surface area contributed by atoms with E-state index in [9.17, 15) is 35.1 Å². The van der Waals surface area contributed by atoms with Crippen LogP contribution in [0.2, 0.25) is 0 Å². The predicted molar refractivity (Wildman–Crippen MR) is 264 cm³/mol. The van der Waals surface area contributed by atoms with Crippen molar-refractivity contribution in [2.45, 2.75) is 262 Å². The lowest BCUT2D eigenvalue weighted by molar-refractivity contribution is -0.302. The van der Waals surface area contributed by atoms with Crippen LogP contribution in [-0.4, -0.2) is 100 Å². The first-order valence-electron chi connectivity index (χ1n) is 26.4. The standard InChI is InChI=1S/C54H97NO10/c1-3-5-7-9-11-13-15-17-21-24-28-32-36-40-47(57)46(45-64-54-53(62)52(61)51(60)48(44-56)65-54)55-49(58)41-37-33-29-25-22-18-16-19-23-27-31-35-39-43-63-50(59)42-38-34-30-26-20-14-12-10-8-6-4-2/h10,12,18,22,29,33,36,40,46-48,51-54,56-57,60-62H,3-9,11,13-17,19-21,23-28,30-32,34-35,37-39,41-45H2,1-2H3,(H,55,58)/b12-10-,22-18-,33-29-,40-36+. The number of aliphatic hydroxyl groups excluding tert-OH is 5. The minimum absolute atomic E-state index is 0.0512. The highest BCUT2D eigenvalue weighted by Gasteiger charge is 2.44. The summed E-state index contributed by atoms with van der Waals surface area (Å²) in [6.07, 6.45) is 43.4. The number of amides is 1. The Kier molecular flexibility index (Phi) is 41.2. The molecule has 0 spiro atoms. The average Bonchev–Trinajstić information content (AvgIpc) is 3.30. The maximum absolute atomic E-state index is 13.0. The first-order chi connectivity index (χ1) is 31.7. The number of carbonyl (C=O) groups excluding carboxylic acids is 2. The van der Waals surface area contributed by atoms with Crippen molar-refractivity contribution in [1.82, 2.24) is 5.32 Å². The lowest BCUT2D eigenvalue weighted by atomic mass is 9.99. The normalized spacial score (nSPS) is 20.1. The lowest BCUT2D eigenvalue weighted by Crippen LogP contribution is -2.60. The molecule has 0 aromatic heterocycles. The summed E-state index contributed by atoms with van der Waals surface area (Å²) in [5.74, 6) is -0.315. The van der Waals surface area contributed by atoms with E-state index in [0.29, 0.717) is 19.4 Å². The van der Waals surface area contributed by atoms with Crippen LogP contribution < -0.4 is 5.32 Å². The Morgan fingerprint density at radius 2 is 1.06 bits per heavy atom. The summed E-state index contributed by atoms with van der Waals surface area (Å²) in [4.78, 5) is 25.0. The molecule has 0 bridgehead atoms. The summed E-state index contributed by atoms with van der Waals surface area (Å²) in [6.45, 7) is 4.19. The summed E-state index contributed by atoms with van der Waals surface area (Å²) in [5, 5.41) is 54.2. The van der Waals surface area contributed by atoms with Crippen molar-refractivity contribution < 1.29 is 49.3 Å². The fraction of sp³-hybridized carbons (Fsp3) is 0.815. The van der Waals surface area contributed by atoms with Crippen molar-refractivity contribution in [2.24, 2.45) is 0 Å². The molecule has 11 heteroatoms. The van der Waals surface area contributed by atoms with Gasteiger partial charge in [0.2, 0.25) is 5.91 Å². The molecule has 1 aliphatic rings. The molecule has 1 heterocycles. The number of ether oxygens (including phenoxy) is 3. The zero-order valence-corrected chi connectivity index (χ0v) is 41.2. The van der Waals surface area contributed by atoms with Crippen molar-refractivity contribution >= 4 is 11.9 Å². The van der Waals surface area contributed by atoms with Crippen LogP contribution in [0.5, 0.6) is 0 Å². The number of allylic oxidation sites excluding steroid dienone is 7. The zero-order valence-electron chi connectivity index (χ0n) is 41.2. The number of hydrogen-bond donors (Lipinski definition) is 6. The summed E-state index contributed by atoms with van der Waals surface area (Å²) in [5.41, 5.74) is 0. The van der Waals surface area contributed by atoms with Crippen LogP contribution in [0.25, 0.3) is 0 Å². The fourth-order valence-corrected chi connectivity index (χ4v) is 7.87. The Morgan fingerprint density at radius 1 is 0.569 bits per heavy atom. The van der Waals surface area contributed by atoms with E-state index >= 15 is 0 Å². The van der Waals surface area contributed by atoms with Gasteiger partial charge < -0.3 is 45.1 Å². The fourth-order valence-electron chi connectivity index (χ4n) is 7.87. The summed E-state index contributed by atoms with van der Waals surface area (Å²) in [6, 6.07) is -0.854. The summed E-state index contributed by atoms with van der Waals surface area (Å²) in [7, 11) is 0. The van der Waals surface area contributed by atoms with Crippen LogP contribution in [0, 0.1) is 0 Å². The molecular weight excluding hydrogens is 823 g/mol. The third kappa shape index (κ3) is 34.6. The van der Waals surface area contributed by atoms with Crippen molar-refractivity contribution in [2.75, 3.05) is 19.8 Å². The van der Waals surface area contributed by atoms with E-state index in [1.54, 1.807) is 6.08 Å². The second kappa shape index (κ2) is 44.1. The van der Waals surface area contributed by atoms with E-state index in [1.807, 2.05) is 18.2 Å². The van der Waals surface area contributed by atoms with Gasteiger partial charge in [0.25, 0.3) is 0 Å². The molecule has 0 saturated carbocycles. The number of nitrogens with one attached hydrogen (secondary N) is 1. The Balaban J connectivity index is 2.25. The molecule has 0 aliphatic carbocycles. The van der Waals surface area contributed by atoms with Crippen molar-refractivity contribution in [3.05, 3.63) is 48.6 Å². The van der Waals surface area contributed by atoms with Crippen LogP contribution in [-0.2, 0) is 23.8 Å². The molecule has 0 aromatic carbocycles. The van der Waals surface area contributed by atoms with Crippen molar-refractivity contribution in [3.63, 3.8) is 0 Å². The van der Waals surface area contributed by atoms with Gasteiger partial charge in [0, 0.05) is 12.8 Å².